The molecule has 1 aliphatic heterocycles. The van der Waals surface area contributed by atoms with Crippen molar-refractivity contribution in [3.63, 3.8) is 0 Å². The van der Waals surface area contributed by atoms with Crippen LogP contribution in [0.3, 0.4) is 0 Å². The van der Waals surface area contributed by atoms with Crippen LogP contribution in [-0.4, -0.2) is 27.1 Å². The van der Waals surface area contributed by atoms with Gasteiger partial charge in [0, 0.05) is 30.2 Å². The monoisotopic (exact) mass is 265 g/mol. The number of nitrogens with one attached hydrogen (secondary N) is 1. The van der Waals surface area contributed by atoms with Crippen molar-refractivity contribution in [1.82, 2.24) is 9.55 Å². The zero-order valence-corrected chi connectivity index (χ0v) is 11.3. The standard InChI is InChI=1S/C13H19N3OS/c17-13-12(14-6-7-16(13)10-4-5-10)15-9-11-3-1-2-8-18-11/h6-7,10-11H,1-5,8-9H2,(H,14,15). The van der Waals surface area contributed by atoms with E-state index < -0.39 is 0 Å². The van der Waals surface area contributed by atoms with E-state index in [-0.39, 0.29) is 5.56 Å². The molecule has 1 N–H and O–H groups in total. The minimum atomic E-state index is 0.0424. The summed E-state index contributed by atoms with van der Waals surface area (Å²) in [6.45, 7) is 0.863. The van der Waals surface area contributed by atoms with Gasteiger partial charge in [-0.05, 0) is 31.4 Å². The van der Waals surface area contributed by atoms with Crippen LogP contribution in [0.1, 0.15) is 38.1 Å². The Morgan fingerprint density at radius 3 is 3.00 bits per heavy atom. The maximum atomic E-state index is 12.2. The van der Waals surface area contributed by atoms with Gasteiger partial charge in [0.1, 0.15) is 0 Å². The lowest BCUT2D eigenvalue weighted by atomic mass is 10.2. The number of aromatic nitrogens is 2. The van der Waals surface area contributed by atoms with Crippen LogP contribution in [0, 0.1) is 0 Å². The van der Waals surface area contributed by atoms with Gasteiger partial charge in [0.2, 0.25) is 0 Å². The van der Waals surface area contributed by atoms with E-state index in [1.165, 1.54) is 25.0 Å². The number of hydrogen-bond acceptors (Lipinski definition) is 4. The van der Waals surface area contributed by atoms with Crippen LogP contribution in [0.15, 0.2) is 17.2 Å². The van der Waals surface area contributed by atoms with E-state index in [2.05, 4.69) is 10.3 Å². The van der Waals surface area contributed by atoms with Crippen molar-refractivity contribution in [3.8, 4) is 0 Å². The second-order valence-corrected chi connectivity index (χ2v) is 6.50. The van der Waals surface area contributed by atoms with Gasteiger partial charge in [-0.2, -0.15) is 11.8 Å². The smallest absolute Gasteiger partial charge is 0.293 e. The zero-order chi connectivity index (χ0) is 12.4. The molecule has 1 atom stereocenters. The first-order valence-electron chi connectivity index (χ1n) is 6.77. The Morgan fingerprint density at radius 2 is 2.28 bits per heavy atom. The SMILES string of the molecule is O=c1c(NCC2CCCCS2)nccn1C1CC1. The maximum Gasteiger partial charge on any atom is 0.293 e. The molecule has 1 saturated heterocycles. The summed E-state index contributed by atoms with van der Waals surface area (Å²) in [5, 5.41) is 3.87. The summed E-state index contributed by atoms with van der Waals surface area (Å²) in [4.78, 5) is 16.3. The molecule has 1 unspecified atom stereocenters. The first-order chi connectivity index (χ1) is 8.84. The molecule has 0 spiro atoms. The zero-order valence-electron chi connectivity index (χ0n) is 10.5. The highest BCUT2D eigenvalue weighted by Crippen LogP contribution is 2.33. The molecule has 1 aromatic heterocycles. The molecule has 98 valence electrons. The fourth-order valence-corrected chi connectivity index (χ4v) is 3.60. The number of nitrogens with zero attached hydrogens (tertiary/aromatic N) is 2. The van der Waals surface area contributed by atoms with Crippen LogP contribution in [-0.2, 0) is 0 Å². The normalized spacial score (nSPS) is 23.9. The van der Waals surface area contributed by atoms with Gasteiger partial charge in [0.25, 0.3) is 5.56 Å². The maximum absolute atomic E-state index is 12.2. The van der Waals surface area contributed by atoms with E-state index in [1.54, 1.807) is 12.4 Å². The molecule has 0 amide bonds. The topological polar surface area (TPSA) is 46.9 Å². The molecule has 1 aromatic rings. The van der Waals surface area contributed by atoms with Crippen LogP contribution in [0.25, 0.3) is 0 Å². The van der Waals surface area contributed by atoms with Crippen LogP contribution < -0.4 is 10.9 Å². The van der Waals surface area contributed by atoms with Crippen molar-refractivity contribution in [1.29, 1.82) is 0 Å². The lowest BCUT2D eigenvalue weighted by Crippen LogP contribution is -2.27. The van der Waals surface area contributed by atoms with Crippen LogP contribution in [0.4, 0.5) is 5.82 Å². The molecule has 2 fully saturated rings. The minimum Gasteiger partial charge on any atom is -0.364 e. The largest absolute Gasteiger partial charge is 0.364 e. The summed E-state index contributed by atoms with van der Waals surface area (Å²) < 4.78 is 1.82. The fraction of sp³-hybridized carbons (Fsp3) is 0.692. The highest BCUT2D eigenvalue weighted by molar-refractivity contribution is 7.99. The summed E-state index contributed by atoms with van der Waals surface area (Å²) >= 11 is 2.01. The Bertz CT molecular complexity index is 464. The molecule has 1 aliphatic carbocycles. The Hall–Kier alpha value is -0.970. The van der Waals surface area contributed by atoms with Gasteiger partial charge >= 0.3 is 0 Å². The molecule has 0 aromatic carbocycles. The van der Waals surface area contributed by atoms with Gasteiger partial charge in [-0.25, -0.2) is 4.98 Å². The van der Waals surface area contributed by atoms with Gasteiger partial charge < -0.3 is 9.88 Å². The summed E-state index contributed by atoms with van der Waals surface area (Å²) in [6, 6.07) is 0.421. The molecule has 0 radical (unpaired) electrons. The van der Waals surface area contributed by atoms with Crippen molar-refractivity contribution in [2.24, 2.45) is 0 Å². The molecular weight excluding hydrogens is 246 g/mol. The van der Waals surface area contributed by atoms with Crippen molar-refractivity contribution in [3.05, 3.63) is 22.7 Å². The molecule has 4 nitrogen and oxygen atoms in total. The molecular formula is C13H19N3OS. The summed E-state index contributed by atoms with van der Waals surface area (Å²) in [5.41, 5.74) is 0.0424. The highest BCUT2D eigenvalue weighted by atomic mass is 32.2. The number of hydrogen-bond donors (Lipinski definition) is 1. The average Bonchev–Trinajstić information content (AvgIpc) is 3.23. The lowest BCUT2D eigenvalue weighted by molar-refractivity contribution is 0.671. The second-order valence-electron chi connectivity index (χ2n) is 5.09. The highest BCUT2D eigenvalue weighted by Gasteiger charge is 2.25. The van der Waals surface area contributed by atoms with Crippen molar-refractivity contribution >= 4 is 17.6 Å². The molecule has 5 heteroatoms. The third kappa shape index (κ3) is 2.71. The quantitative estimate of drug-likeness (QED) is 0.907. The fourth-order valence-electron chi connectivity index (χ4n) is 2.37. The number of anilines is 1. The van der Waals surface area contributed by atoms with Gasteiger partial charge in [-0.15, -0.1) is 0 Å². The van der Waals surface area contributed by atoms with Crippen molar-refractivity contribution in [2.45, 2.75) is 43.4 Å². The first-order valence-corrected chi connectivity index (χ1v) is 7.82. The van der Waals surface area contributed by atoms with E-state index in [1.807, 2.05) is 16.3 Å². The van der Waals surface area contributed by atoms with Gasteiger partial charge in [0.05, 0.1) is 0 Å². The Balaban J connectivity index is 1.65. The second kappa shape index (κ2) is 5.34. The average molecular weight is 265 g/mol. The van der Waals surface area contributed by atoms with Crippen LogP contribution in [0.5, 0.6) is 0 Å². The van der Waals surface area contributed by atoms with E-state index in [0.717, 1.165) is 19.4 Å². The van der Waals surface area contributed by atoms with Gasteiger partial charge in [-0.1, -0.05) is 6.42 Å². The van der Waals surface area contributed by atoms with Crippen molar-refractivity contribution in [2.75, 3.05) is 17.6 Å². The predicted molar refractivity (Wildman–Crippen MR) is 75.4 cm³/mol. The molecule has 2 heterocycles. The molecule has 2 aliphatic rings. The third-order valence-corrected chi connectivity index (χ3v) is 4.98. The molecule has 1 saturated carbocycles. The van der Waals surface area contributed by atoms with E-state index >= 15 is 0 Å². The van der Waals surface area contributed by atoms with E-state index in [0.29, 0.717) is 17.1 Å². The summed E-state index contributed by atoms with van der Waals surface area (Å²) in [5.74, 6) is 1.77. The van der Waals surface area contributed by atoms with Gasteiger partial charge in [0.15, 0.2) is 5.82 Å². The Morgan fingerprint density at radius 1 is 1.39 bits per heavy atom. The predicted octanol–water partition coefficient (Wildman–Crippen LogP) is 2.28. The Labute approximate surface area is 111 Å². The van der Waals surface area contributed by atoms with Crippen LogP contribution in [0.2, 0.25) is 0 Å². The molecule has 0 bridgehead atoms. The lowest BCUT2D eigenvalue weighted by Gasteiger charge is -2.21. The Kier molecular flexibility index (Phi) is 3.59. The minimum absolute atomic E-state index is 0.0424. The summed E-state index contributed by atoms with van der Waals surface area (Å²) in [6.07, 6.45) is 9.69. The van der Waals surface area contributed by atoms with Crippen LogP contribution >= 0.6 is 11.8 Å². The number of rotatable bonds is 4. The molecule has 18 heavy (non-hydrogen) atoms. The number of thioether (sulfide) groups is 1. The van der Waals surface area contributed by atoms with Crippen molar-refractivity contribution < 1.29 is 0 Å². The third-order valence-electron chi connectivity index (χ3n) is 3.58. The van der Waals surface area contributed by atoms with E-state index in [9.17, 15) is 4.79 Å². The first kappa shape index (κ1) is 12.1. The van der Waals surface area contributed by atoms with E-state index in [4.69, 9.17) is 0 Å². The van der Waals surface area contributed by atoms with Gasteiger partial charge in [-0.3, -0.25) is 4.79 Å². The molecule has 3 rings (SSSR count). The summed E-state index contributed by atoms with van der Waals surface area (Å²) in [7, 11) is 0.